The average molecular weight is 1020 g/mol. The van der Waals surface area contributed by atoms with Gasteiger partial charge in [-0.1, -0.05) is 289 Å². The zero-order valence-electron chi connectivity index (χ0n) is 45.7. The van der Waals surface area contributed by atoms with Gasteiger partial charge in [0.05, 0.1) is 0 Å². The van der Waals surface area contributed by atoms with Gasteiger partial charge in [-0.15, -0.1) is 0 Å². The number of fused-ring (bicyclic) bond motifs is 4. The van der Waals surface area contributed by atoms with Crippen LogP contribution in [0, 0.1) is 27.7 Å². The first-order valence-corrected chi connectivity index (χ1v) is 27.9. The van der Waals surface area contributed by atoms with Crippen LogP contribution < -0.4 is 0 Å². The molecule has 0 saturated heterocycles. The summed E-state index contributed by atoms with van der Waals surface area (Å²) in [4.78, 5) is 0. The lowest BCUT2D eigenvalue weighted by molar-refractivity contribution is 1.47. The third-order valence-corrected chi connectivity index (χ3v) is 15.9. The van der Waals surface area contributed by atoms with Gasteiger partial charge in [0, 0.05) is 0 Å². The van der Waals surface area contributed by atoms with Crippen LogP contribution in [0.3, 0.4) is 0 Å². The molecule has 0 spiro atoms. The molecule has 14 aromatic carbocycles. The van der Waals surface area contributed by atoms with Crippen LogP contribution in [-0.4, -0.2) is 0 Å². The van der Waals surface area contributed by atoms with Crippen molar-refractivity contribution in [3.63, 3.8) is 0 Å². The van der Waals surface area contributed by atoms with Crippen LogP contribution in [0.25, 0.3) is 132 Å². The highest BCUT2D eigenvalue weighted by atomic mass is 14.2. The highest BCUT2D eigenvalue weighted by Gasteiger charge is 2.21. The van der Waals surface area contributed by atoms with Crippen LogP contribution in [0.15, 0.2) is 291 Å². The lowest BCUT2D eigenvalue weighted by Crippen LogP contribution is -1.92. The summed E-state index contributed by atoms with van der Waals surface area (Å²) in [5.74, 6) is 0. The van der Waals surface area contributed by atoms with Crippen LogP contribution in [0.4, 0.5) is 0 Å². The average Bonchev–Trinajstić information content (AvgIpc) is 3.66. The summed E-state index contributed by atoms with van der Waals surface area (Å²) >= 11 is 0. The molecule has 0 aromatic heterocycles. The lowest BCUT2D eigenvalue weighted by atomic mass is 9.84. The number of hydrogen-bond acceptors (Lipinski definition) is 0. The fraction of sp³-hybridized carbons (Fsp3) is 0.0500. The Bertz CT molecular complexity index is 3990. The molecule has 0 atom stereocenters. The molecule has 0 heteroatoms. The van der Waals surface area contributed by atoms with E-state index in [0.29, 0.717) is 0 Å². The van der Waals surface area contributed by atoms with Crippen molar-refractivity contribution in [3.05, 3.63) is 313 Å². The van der Waals surface area contributed by atoms with E-state index in [4.69, 9.17) is 0 Å². The Labute approximate surface area is 470 Å². The summed E-state index contributed by atoms with van der Waals surface area (Å²) in [6.07, 6.45) is 0. The second kappa shape index (κ2) is 21.5. The van der Waals surface area contributed by atoms with Gasteiger partial charge >= 0.3 is 0 Å². The summed E-state index contributed by atoms with van der Waals surface area (Å²) in [7, 11) is 0. The Morgan fingerprint density at radius 1 is 0.138 bits per heavy atom. The summed E-state index contributed by atoms with van der Waals surface area (Å²) in [6.45, 7) is 8.64. The third-order valence-electron chi connectivity index (χ3n) is 15.9. The molecule has 0 N–H and O–H groups in total. The molecule has 0 fully saturated rings. The molecule has 0 aliphatic heterocycles. The fourth-order valence-corrected chi connectivity index (χ4v) is 12.1. The second-order valence-corrected chi connectivity index (χ2v) is 21.5. The van der Waals surface area contributed by atoms with Crippen LogP contribution in [-0.2, 0) is 0 Å². The van der Waals surface area contributed by atoms with Gasteiger partial charge in [-0.05, 0) is 184 Å². The molecule has 14 aromatic rings. The minimum Gasteiger partial charge on any atom is -0.0622 e. The molecular weight excluding hydrogens is 961 g/mol. The Hall–Kier alpha value is -9.88. The number of hydrogen-bond donors (Lipinski definition) is 0. The predicted molar refractivity (Wildman–Crippen MR) is 345 cm³/mol. The molecule has 0 saturated carbocycles. The second-order valence-electron chi connectivity index (χ2n) is 21.5. The molecule has 14 rings (SSSR count). The molecule has 0 radical (unpaired) electrons. The van der Waals surface area contributed by atoms with Crippen LogP contribution >= 0.6 is 0 Å². The van der Waals surface area contributed by atoms with E-state index in [1.807, 2.05) is 0 Å². The van der Waals surface area contributed by atoms with E-state index in [0.717, 1.165) is 0 Å². The molecule has 0 nitrogen and oxygen atoms in total. The Kier molecular flexibility index (Phi) is 13.4. The Balaban J connectivity index is 0.000000151. The van der Waals surface area contributed by atoms with E-state index in [1.165, 1.54) is 154 Å². The SMILES string of the molecule is Cc1cccc(-c2ccc3c(-c4ccccc4)c4cc(-c5cccc(C)c5)ccc4c(-c4ccccc4)c3c2)c1.Cc1cccc(-c2ccc3c(-c4ccccc4)c4cc(-c5cccc(C)c5)ccc4c(-c4ccccc4)c3c2)c1. The number of benzene rings is 14. The van der Waals surface area contributed by atoms with E-state index >= 15 is 0 Å². The van der Waals surface area contributed by atoms with Crippen molar-refractivity contribution in [1.29, 1.82) is 0 Å². The first-order chi connectivity index (χ1) is 39.3. The van der Waals surface area contributed by atoms with Crippen molar-refractivity contribution in [2.45, 2.75) is 27.7 Å². The predicted octanol–water partition coefficient (Wildman–Crippen LogP) is 22.6. The molecule has 0 aliphatic rings. The smallest absolute Gasteiger partial charge is 0.00261 e. The van der Waals surface area contributed by atoms with Gasteiger partial charge in [0.1, 0.15) is 0 Å². The van der Waals surface area contributed by atoms with Gasteiger partial charge < -0.3 is 0 Å². The lowest BCUT2D eigenvalue weighted by Gasteiger charge is -2.20. The van der Waals surface area contributed by atoms with Crippen LogP contribution in [0.5, 0.6) is 0 Å². The van der Waals surface area contributed by atoms with Crippen molar-refractivity contribution in [1.82, 2.24) is 0 Å². The molecular formula is C80H60. The van der Waals surface area contributed by atoms with Gasteiger partial charge in [-0.25, -0.2) is 0 Å². The quantitative estimate of drug-likeness (QED) is 0.133. The van der Waals surface area contributed by atoms with Crippen molar-refractivity contribution in [3.8, 4) is 89.0 Å². The summed E-state index contributed by atoms with van der Waals surface area (Å²) < 4.78 is 0. The van der Waals surface area contributed by atoms with E-state index in [-0.39, 0.29) is 0 Å². The Morgan fingerprint density at radius 3 is 0.525 bits per heavy atom. The van der Waals surface area contributed by atoms with Crippen LogP contribution in [0.1, 0.15) is 22.3 Å². The monoisotopic (exact) mass is 1020 g/mol. The minimum absolute atomic E-state index is 1.24. The van der Waals surface area contributed by atoms with Crippen molar-refractivity contribution >= 4 is 43.1 Å². The molecule has 0 unspecified atom stereocenters. The van der Waals surface area contributed by atoms with E-state index in [1.54, 1.807) is 0 Å². The highest BCUT2D eigenvalue weighted by molar-refractivity contribution is 6.24. The zero-order chi connectivity index (χ0) is 54.1. The maximum absolute atomic E-state index is 2.40. The standard InChI is InChI=1S/2C40H30/c2*1-27-11-9-17-31(23-27)33-19-21-35-37(25-33)39(29-13-5-3-6-14-29)36-22-20-34(32-18-10-12-28(2)24-32)26-38(36)40(35)30-15-7-4-8-16-30/h2*3-26H,1-2H3. The van der Waals surface area contributed by atoms with E-state index in [9.17, 15) is 0 Å². The molecule has 0 bridgehead atoms. The molecule has 80 heavy (non-hydrogen) atoms. The Morgan fingerprint density at radius 2 is 0.325 bits per heavy atom. The first-order valence-electron chi connectivity index (χ1n) is 27.9. The van der Waals surface area contributed by atoms with Gasteiger partial charge in [0.15, 0.2) is 0 Å². The maximum atomic E-state index is 2.40. The van der Waals surface area contributed by atoms with Gasteiger partial charge in [-0.2, -0.15) is 0 Å². The zero-order valence-corrected chi connectivity index (χ0v) is 45.7. The minimum atomic E-state index is 1.24. The first kappa shape index (κ1) is 49.7. The largest absolute Gasteiger partial charge is 0.0622 e. The van der Waals surface area contributed by atoms with Gasteiger partial charge in [0.25, 0.3) is 0 Å². The van der Waals surface area contributed by atoms with E-state index < -0.39 is 0 Å². The summed E-state index contributed by atoms with van der Waals surface area (Å²) in [5, 5.41) is 10.2. The summed E-state index contributed by atoms with van der Waals surface area (Å²) in [5.41, 5.74) is 25.1. The van der Waals surface area contributed by atoms with Crippen molar-refractivity contribution in [2.75, 3.05) is 0 Å². The van der Waals surface area contributed by atoms with Crippen LogP contribution in [0.2, 0.25) is 0 Å². The maximum Gasteiger partial charge on any atom is -0.00261 e. The van der Waals surface area contributed by atoms with E-state index in [2.05, 4.69) is 319 Å². The number of rotatable bonds is 8. The normalized spacial score (nSPS) is 11.2. The molecule has 380 valence electrons. The van der Waals surface area contributed by atoms with Crippen molar-refractivity contribution in [2.24, 2.45) is 0 Å². The molecule has 0 heterocycles. The van der Waals surface area contributed by atoms with Gasteiger partial charge in [-0.3, -0.25) is 0 Å². The summed E-state index contributed by atoms with van der Waals surface area (Å²) in [6, 6.07) is 107. The highest BCUT2D eigenvalue weighted by Crippen LogP contribution is 2.48. The van der Waals surface area contributed by atoms with Gasteiger partial charge in [0.2, 0.25) is 0 Å². The number of aryl methyl sites for hydroxylation is 4. The fourth-order valence-electron chi connectivity index (χ4n) is 12.1. The molecule has 0 aliphatic carbocycles. The van der Waals surface area contributed by atoms with Crippen molar-refractivity contribution < 1.29 is 0 Å². The third kappa shape index (κ3) is 9.67. The topological polar surface area (TPSA) is 0 Å². The molecule has 0 amide bonds.